The molecule has 0 fully saturated rings. The minimum atomic E-state index is 0.466. The lowest BCUT2D eigenvalue weighted by molar-refractivity contribution is 0.475. The maximum absolute atomic E-state index is 5.00. The number of terminal acetylenes is 1. The average Bonchev–Trinajstić information content (AvgIpc) is 2.76. The summed E-state index contributed by atoms with van der Waals surface area (Å²) in [6.07, 6.45) is 24.8. The van der Waals surface area contributed by atoms with E-state index in [4.69, 9.17) is 6.42 Å². The first kappa shape index (κ1) is 27.4. The van der Waals surface area contributed by atoms with Crippen molar-refractivity contribution in [2.24, 2.45) is 5.92 Å². The van der Waals surface area contributed by atoms with E-state index in [1.165, 1.54) is 96.3 Å². The molecule has 0 saturated carbocycles. The molecule has 0 aromatic heterocycles. The Labute approximate surface area is 187 Å². The Morgan fingerprint density at radius 2 is 0.833 bits per heavy atom. The molecule has 1 unspecified atom stereocenters. The van der Waals surface area contributed by atoms with Crippen LogP contribution in [-0.4, -0.2) is 0 Å². The molecule has 0 spiro atoms. The van der Waals surface area contributed by atoms with E-state index < -0.39 is 0 Å². The Balaban J connectivity index is 4.38. The zero-order chi connectivity index (χ0) is 22.0. The summed E-state index contributed by atoms with van der Waals surface area (Å²) in [6.45, 7) is 4.53. The summed E-state index contributed by atoms with van der Waals surface area (Å²) in [7, 11) is 0. The molecular weight excluding hydrogens is 360 g/mol. The largest absolute Gasteiger partial charge is 0.106 e. The van der Waals surface area contributed by atoms with Crippen LogP contribution in [0.2, 0.25) is 0 Å². The molecule has 0 bridgehead atoms. The number of unbranched alkanes of at least 4 members (excludes halogenated alkanes) is 11. The molecule has 158 valence electrons. The molecule has 30 heavy (non-hydrogen) atoms. The van der Waals surface area contributed by atoms with Crippen LogP contribution >= 0.6 is 0 Å². The molecule has 0 radical (unpaired) electrons. The van der Waals surface area contributed by atoms with Gasteiger partial charge in [-0.1, -0.05) is 103 Å². The van der Waals surface area contributed by atoms with E-state index in [1.807, 2.05) is 0 Å². The molecule has 0 aromatic rings. The molecule has 0 aliphatic heterocycles. The first-order valence-electron chi connectivity index (χ1n) is 11.8. The third-order valence-electron chi connectivity index (χ3n) is 4.91. The van der Waals surface area contributed by atoms with Crippen LogP contribution in [0.4, 0.5) is 0 Å². The molecule has 0 nitrogen and oxygen atoms in total. The highest BCUT2D eigenvalue weighted by molar-refractivity contribution is 5.43. The van der Waals surface area contributed by atoms with Gasteiger partial charge in [-0.2, -0.15) is 0 Å². The van der Waals surface area contributed by atoms with Crippen molar-refractivity contribution in [1.29, 1.82) is 0 Å². The van der Waals surface area contributed by atoms with Crippen LogP contribution in [0.25, 0.3) is 0 Å². The Kier molecular flexibility index (Phi) is 22.3. The van der Waals surface area contributed by atoms with Crippen LogP contribution in [0, 0.1) is 77.5 Å². The van der Waals surface area contributed by atoms with E-state index >= 15 is 0 Å². The molecule has 0 aliphatic carbocycles. The lowest BCUT2D eigenvalue weighted by atomic mass is 9.94. The predicted octanol–water partition coefficient (Wildman–Crippen LogP) is 7.14. The highest BCUT2D eigenvalue weighted by Gasteiger charge is 2.05. The second kappa shape index (κ2) is 24.4. The van der Waals surface area contributed by atoms with Crippen LogP contribution in [0.1, 0.15) is 110 Å². The van der Waals surface area contributed by atoms with Gasteiger partial charge in [-0.3, -0.25) is 0 Å². The molecule has 0 aliphatic rings. The zero-order valence-electron chi connectivity index (χ0n) is 19.3. The minimum absolute atomic E-state index is 0.466. The summed E-state index contributed by atoms with van der Waals surface area (Å²) in [5.74, 6) is 30.0. The van der Waals surface area contributed by atoms with Crippen LogP contribution in [0.5, 0.6) is 0 Å². The van der Waals surface area contributed by atoms with E-state index in [1.54, 1.807) is 0 Å². The quantitative estimate of drug-likeness (QED) is 0.203. The van der Waals surface area contributed by atoms with Gasteiger partial charge in [0.15, 0.2) is 0 Å². The van der Waals surface area contributed by atoms with Gasteiger partial charge in [0.1, 0.15) is 0 Å². The van der Waals surface area contributed by atoms with Gasteiger partial charge in [0.2, 0.25) is 0 Å². The first-order valence-corrected chi connectivity index (χ1v) is 11.8. The fourth-order valence-corrected chi connectivity index (χ4v) is 3.20. The molecule has 0 N–H and O–H groups in total. The van der Waals surface area contributed by atoms with Crippen molar-refractivity contribution in [2.45, 2.75) is 110 Å². The third kappa shape index (κ3) is 21.7. The summed E-state index contributed by atoms with van der Waals surface area (Å²) in [5.41, 5.74) is 0. The van der Waals surface area contributed by atoms with Gasteiger partial charge in [-0.15, -0.1) is 6.42 Å². The van der Waals surface area contributed by atoms with Crippen molar-refractivity contribution in [3.8, 4) is 71.5 Å². The topological polar surface area (TPSA) is 0 Å². The Hall–Kier alpha value is -2.64. The van der Waals surface area contributed by atoms with Gasteiger partial charge < -0.3 is 0 Å². The van der Waals surface area contributed by atoms with E-state index in [-0.39, 0.29) is 0 Å². The molecular formula is C30H38. The zero-order valence-corrected chi connectivity index (χ0v) is 19.3. The fourth-order valence-electron chi connectivity index (χ4n) is 3.20. The van der Waals surface area contributed by atoms with Crippen LogP contribution < -0.4 is 0 Å². The van der Waals surface area contributed by atoms with E-state index in [0.29, 0.717) is 5.92 Å². The van der Waals surface area contributed by atoms with Crippen molar-refractivity contribution in [1.82, 2.24) is 0 Å². The maximum atomic E-state index is 5.00. The standard InChI is InChI=1S/C30H38/c1-4-7-10-13-15-17-18-20-23-26-29-30(27-24-21-12-9-6-3)28-25-22-19-16-14-11-8-5-2/h1,30H,5-6,8-9,11-12,14,16,19,21-22,24-25,27-28H2,2-3H3. The Morgan fingerprint density at radius 3 is 1.27 bits per heavy atom. The van der Waals surface area contributed by atoms with Crippen molar-refractivity contribution >= 4 is 0 Å². The summed E-state index contributed by atoms with van der Waals surface area (Å²) < 4.78 is 0. The van der Waals surface area contributed by atoms with E-state index in [2.05, 4.69) is 79.0 Å². The first-order chi connectivity index (χ1) is 14.8. The second-order valence-electron chi connectivity index (χ2n) is 7.58. The molecule has 1 atom stereocenters. The highest BCUT2D eigenvalue weighted by atomic mass is 14.1. The molecule has 0 saturated heterocycles. The minimum Gasteiger partial charge on any atom is -0.106 e. The summed E-state index contributed by atoms with van der Waals surface area (Å²) >= 11 is 0. The van der Waals surface area contributed by atoms with Gasteiger partial charge in [0.25, 0.3) is 0 Å². The Bertz CT molecular complexity index is 762. The van der Waals surface area contributed by atoms with Gasteiger partial charge in [0.05, 0.1) is 0 Å². The van der Waals surface area contributed by atoms with Gasteiger partial charge in [0, 0.05) is 5.92 Å². The number of hydrogen-bond donors (Lipinski definition) is 0. The van der Waals surface area contributed by atoms with Crippen molar-refractivity contribution < 1.29 is 0 Å². The normalized spacial score (nSPS) is 9.50. The summed E-state index contributed by atoms with van der Waals surface area (Å²) in [6, 6.07) is 0. The summed E-state index contributed by atoms with van der Waals surface area (Å²) in [5, 5.41) is 0. The van der Waals surface area contributed by atoms with Crippen LogP contribution in [0.15, 0.2) is 0 Å². The summed E-state index contributed by atoms with van der Waals surface area (Å²) in [4.78, 5) is 0. The van der Waals surface area contributed by atoms with E-state index in [0.717, 1.165) is 0 Å². The van der Waals surface area contributed by atoms with Crippen molar-refractivity contribution in [3.63, 3.8) is 0 Å². The van der Waals surface area contributed by atoms with Crippen LogP contribution in [-0.2, 0) is 0 Å². The number of rotatable bonds is 15. The smallest absolute Gasteiger partial charge is 0.0213 e. The van der Waals surface area contributed by atoms with E-state index in [9.17, 15) is 0 Å². The van der Waals surface area contributed by atoms with Crippen LogP contribution in [0.3, 0.4) is 0 Å². The second-order valence-corrected chi connectivity index (χ2v) is 7.58. The Morgan fingerprint density at radius 1 is 0.467 bits per heavy atom. The van der Waals surface area contributed by atoms with Gasteiger partial charge in [-0.05, 0) is 72.0 Å². The lowest BCUT2D eigenvalue weighted by Gasteiger charge is -2.10. The fraction of sp³-hybridized carbons (Fsp3) is 0.600. The molecule has 0 rings (SSSR count). The van der Waals surface area contributed by atoms with Crippen molar-refractivity contribution in [3.05, 3.63) is 0 Å². The molecule has 0 heterocycles. The van der Waals surface area contributed by atoms with Gasteiger partial charge >= 0.3 is 0 Å². The average molecular weight is 399 g/mol. The number of hydrogen-bond acceptors (Lipinski definition) is 0. The van der Waals surface area contributed by atoms with Crippen molar-refractivity contribution in [2.75, 3.05) is 0 Å². The SMILES string of the molecule is C#CC#CC#CC#CC#CC#CC(CCCCCCC)CCCCCCCCCC. The monoisotopic (exact) mass is 398 g/mol. The van der Waals surface area contributed by atoms with Gasteiger partial charge in [-0.25, -0.2) is 0 Å². The lowest BCUT2D eigenvalue weighted by Crippen LogP contribution is -1.98. The molecule has 0 amide bonds. The highest BCUT2D eigenvalue weighted by Crippen LogP contribution is 2.18. The maximum Gasteiger partial charge on any atom is 0.0213 e. The third-order valence-corrected chi connectivity index (χ3v) is 4.91. The predicted molar refractivity (Wildman–Crippen MR) is 132 cm³/mol. The molecule has 0 heteroatoms. The molecule has 0 aromatic carbocycles.